The van der Waals surface area contributed by atoms with Gasteiger partial charge in [-0.3, -0.25) is 9.59 Å². The van der Waals surface area contributed by atoms with Crippen molar-refractivity contribution in [1.29, 1.82) is 0 Å². The van der Waals surface area contributed by atoms with E-state index >= 15 is 0 Å². The summed E-state index contributed by atoms with van der Waals surface area (Å²) in [6.45, 7) is 2.00. The van der Waals surface area contributed by atoms with E-state index in [4.69, 9.17) is 11.5 Å². The predicted octanol–water partition coefficient (Wildman–Crippen LogP) is 0.221. The third kappa shape index (κ3) is 2.48. The number of likely N-dealkylation sites (N-methyl/N-ethyl adjacent to an activating group) is 1. The van der Waals surface area contributed by atoms with Crippen LogP contribution in [-0.4, -0.2) is 39.8 Å². The highest BCUT2D eigenvalue weighted by atomic mass is 32.1. The lowest BCUT2D eigenvalue weighted by Gasteiger charge is -2.18. The molecule has 0 fully saturated rings. The van der Waals surface area contributed by atoms with E-state index in [9.17, 15) is 9.59 Å². The first-order chi connectivity index (χ1) is 9.04. The van der Waals surface area contributed by atoms with Gasteiger partial charge in [-0.05, 0) is 6.92 Å². The average molecular weight is 279 g/mol. The van der Waals surface area contributed by atoms with Gasteiger partial charge >= 0.3 is 0 Å². The Hall–Kier alpha value is -2.22. The molecule has 0 saturated heterocycles. The molecule has 8 heteroatoms. The summed E-state index contributed by atoms with van der Waals surface area (Å²) in [5.41, 5.74) is 11.8. The number of hydrogen-bond donors (Lipinski definition) is 2. The summed E-state index contributed by atoms with van der Waals surface area (Å²) >= 11 is 1.16. The van der Waals surface area contributed by atoms with Crippen LogP contribution in [0.3, 0.4) is 0 Å². The molecule has 7 nitrogen and oxygen atoms in total. The van der Waals surface area contributed by atoms with E-state index in [0.29, 0.717) is 27.5 Å². The number of fused-ring (bicyclic) bond motifs is 1. The molecule has 2 rings (SSSR count). The van der Waals surface area contributed by atoms with Gasteiger partial charge in [-0.1, -0.05) is 0 Å². The van der Waals surface area contributed by atoms with Crippen molar-refractivity contribution in [1.82, 2.24) is 14.9 Å². The number of thiophene rings is 1. The summed E-state index contributed by atoms with van der Waals surface area (Å²) in [5.74, 6) is -0.894. The van der Waals surface area contributed by atoms with Crippen LogP contribution in [0.15, 0.2) is 12.4 Å². The smallest absolute Gasteiger partial charge is 0.266 e. The van der Waals surface area contributed by atoms with Gasteiger partial charge in [0.05, 0.1) is 12.2 Å². The van der Waals surface area contributed by atoms with Crippen LogP contribution >= 0.6 is 11.3 Å². The molecule has 2 amide bonds. The van der Waals surface area contributed by atoms with Gasteiger partial charge in [0.2, 0.25) is 5.91 Å². The SMILES string of the molecule is CCN(CC(N)=O)C(=O)c1sc2nccnc2c1N. The molecule has 19 heavy (non-hydrogen) atoms. The highest BCUT2D eigenvalue weighted by molar-refractivity contribution is 7.21. The van der Waals surface area contributed by atoms with Gasteiger partial charge in [0.15, 0.2) is 0 Å². The van der Waals surface area contributed by atoms with Gasteiger partial charge < -0.3 is 16.4 Å². The van der Waals surface area contributed by atoms with Crippen molar-refractivity contribution in [3.63, 3.8) is 0 Å². The minimum atomic E-state index is -0.564. The topological polar surface area (TPSA) is 115 Å². The number of nitrogen functional groups attached to an aromatic ring is 1. The van der Waals surface area contributed by atoms with Crippen LogP contribution in [0.2, 0.25) is 0 Å². The first-order valence-corrected chi connectivity index (χ1v) is 6.42. The standard InChI is InChI=1S/C11H13N5O2S/c1-2-16(5-6(12)17)11(18)9-7(13)8-10(19-9)15-4-3-14-8/h3-4H,2,5,13H2,1H3,(H2,12,17). The zero-order chi connectivity index (χ0) is 14.0. The molecule has 0 saturated carbocycles. The molecular formula is C11H13N5O2S. The minimum Gasteiger partial charge on any atom is -0.396 e. The molecule has 0 aliphatic carbocycles. The molecule has 0 unspecified atom stereocenters. The summed E-state index contributed by atoms with van der Waals surface area (Å²) in [6.07, 6.45) is 3.05. The van der Waals surface area contributed by atoms with Gasteiger partial charge in [0.25, 0.3) is 5.91 Å². The Bertz CT molecular complexity index is 639. The first-order valence-electron chi connectivity index (χ1n) is 5.61. The highest BCUT2D eigenvalue weighted by Gasteiger charge is 2.23. The number of carbonyl (C=O) groups excluding carboxylic acids is 2. The van der Waals surface area contributed by atoms with Gasteiger partial charge in [0, 0.05) is 18.9 Å². The summed E-state index contributed by atoms with van der Waals surface area (Å²) in [7, 11) is 0. The van der Waals surface area contributed by atoms with Gasteiger partial charge in [0.1, 0.15) is 15.2 Å². The second-order valence-corrected chi connectivity index (χ2v) is 4.84. The number of amides is 2. The van der Waals surface area contributed by atoms with Crippen molar-refractivity contribution in [3.8, 4) is 0 Å². The number of primary amides is 1. The Morgan fingerprint density at radius 1 is 1.37 bits per heavy atom. The van der Waals surface area contributed by atoms with Crippen LogP contribution in [-0.2, 0) is 4.79 Å². The Balaban J connectivity index is 2.40. The molecule has 100 valence electrons. The van der Waals surface area contributed by atoms with Crippen LogP contribution in [0.1, 0.15) is 16.6 Å². The number of anilines is 1. The fourth-order valence-electron chi connectivity index (χ4n) is 1.66. The third-order valence-corrected chi connectivity index (χ3v) is 3.66. The van der Waals surface area contributed by atoms with Crippen LogP contribution < -0.4 is 11.5 Å². The average Bonchev–Trinajstić information content (AvgIpc) is 2.73. The fourth-order valence-corrected chi connectivity index (χ4v) is 2.65. The maximum Gasteiger partial charge on any atom is 0.266 e. The fraction of sp³-hybridized carbons (Fsp3) is 0.273. The number of nitrogens with zero attached hydrogens (tertiary/aromatic N) is 3. The van der Waals surface area contributed by atoms with E-state index in [1.165, 1.54) is 17.3 Å². The monoisotopic (exact) mass is 279 g/mol. The van der Waals surface area contributed by atoms with E-state index in [2.05, 4.69) is 9.97 Å². The van der Waals surface area contributed by atoms with E-state index < -0.39 is 5.91 Å². The normalized spacial score (nSPS) is 10.6. The summed E-state index contributed by atoms with van der Waals surface area (Å²) in [6, 6.07) is 0. The van der Waals surface area contributed by atoms with Crippen LogP contribution in [0.5, 0.6) is 0 Å². The molecule has 0 aliphatic rings. The van der Waals surface area contributed by atoms with E-state index in [1.54, 1.807) is 6.92 Å². The maximum atomic E-state index is 12.3. The van der Waals surface area contributed by atoms with E-state index in [0.717, 1.165) is 11.3 Å². The molecule has 0 spiro atoms. The Morgan fingerprint density at radius 2 is 2.05 bits per heavy atom. The predicted molar refractivity (Wildman–Crippen MR) is 72.6 cm³/mol. The Morgan fingerprint density at radius 3 is 2.63 bits per heavy atom. The number of aromatic nitrogens is 2. The molecule has 4 N–H and O–H groups in total. The first kappa shape index (κ1) is 13.2. The largest absolute Gasteiger partial charge is 0.396 e. The second-order valence-electron chi connectivity index (χ2n) is 3.84. The summed E-state index contributed by atoms with van der Waals surface area (Å²) < 4.78 is 0. The molecule has 2 heterocycles. The van der Waals surface area contributed by atoms with Crippen molar-refractivity contribution in [2.24, 2.45) is 5.73 Å². The van der Waals surface area contributed by atoms with Crippen LogP contribution in [0.4, 0.5) is 5.69 Å². The lowest BCUT2D eigenvalue weighted by molar-refractivity contribution is -0.118. The molecule has 2 aromatic heterocycles. The Kier molecular flexibility index (Phi) is 3.61. The molecular weight excluding hydrogens is 266 g/mol. The molecule has 0 aliphatic heterocycles. The quantitative estimate of drug-likeness (QED) is 0.830. The van der Waals surface area contributed by atoms with Crippen LogP contribution in [0.25, 0.3) is 10.3 Å². The summed E-state index contributed by atoms with van der Waals surface area (Å²) in [4.78, 5) is 33.7. The second kappa shape index (κ2) is 5.19. The van der Waals surface area contributed by atoms with Gasteiger partial charge in [-0.25, -0.2) is 9.97 Å². The molecule has 0 atom stereocenters. The van der Waals surface area contributed by atoms with Crippen molar-refractivity contribution < 1.29 is 9.59 Å². The van der Waals surface area contributed by atoms with Crippen molar-refractivity contribution in [2.75, 3.05) is 18.8 Å². The number of rotatable bonds is 4. The number of carbonyl (C=O) groups is 2. The number of hydrogen-bond acceptors (Lipinski definition) is 6. The molecule has 0 radical (unpaired) electrons. The molecule has 0 bridgehead atoms. The molecule has 0 aromatic carbocycles. The molecule has 2 aromatic rings. The van der Waals surface area contributed by atoms with E-state index in [-0.39, 0.29) is 12.5 Å². The minimum absolute atomic E-state index is 0.135. The van der Waals surface area contributed by atoms with Crippen molar-refractivity contribution in [3.05, 3.63) is 17.3 Å². The highest BCUT2D eigenvalue weighted by Crippen LogP contribution is 2.31. The lowest BCUT2D eigenvalue weighted by Crippen LogP contribution is -2.38. The zero-order valence-electron chi connectivity index (χ0n) is 10.3. The summed E-state index contributed by atoms with van der Waals surface area (Å²) in [5, 5.41) is 0. The van der Waals surface area contributed by atoms with E-state index in [1.807, 2.05) is 0 Å². The zero-order valence-corrected chi connectivity index (χ0v) is 11.1. The maximum absolute atomic E-state index is 12.3. The Labute approximate surface area is 113 Å². The number of nitrogens with two attached hydrogens (primary N) is 2. The van der Waals surface area contributed by atoms with Crippen molar-refractivity contribution >= 4 is 39.2 Å². The van der Waals surface area contributed by atoms with Gasteiger partial charge in [-0.15, -0.1) is 11.3 Å². The van der Waals surface area contributed by atoms with Gasteiger partial charge in [-0.2, -0.15) is 0 Å². The van der Waals surface area contributed by atoms with Crippen molar-refractivity contribution in [2.45, 2.75) is 6.92 Å². The third-order valence-electron chi connectivity index (χ3n) is 2.57. The lowest BCUT2D eigenvalue weighted by atomic mass is 10.3. The van der Waals surface area contributed by atoms with Crippen LogP contribution in [0, 0.1) is 0 Å².